The van der Waals surface area contributed by atoms with Crippen LogP contribution >= 0.6 is 27.5 Å². The molecule has 1 N–H and O–H groups in total. The molecule has 110 valence electrons. The Hall–Kier alpha value is -0.0900. The summed E-state index contributed by atoms with van der Waals surface area (Å²) in [6, 6.07) is 7.14. The predicted molar refractivity (Wildman–Crippen MR) is 88.2 cm³/mol. The van der Waals surface area contributed by atoms with Gasteiger partial charge in [0, 0.05) is 23.6 Å². The summed E-state index contributed by atoms with van der Waals surface area (Å²) in [5.41, 5.74) is 1.36. The Morgan fingerprint density at radius 1 is 1.20 bits per heavy atom. The maximum atomic E-state index is 6.08. The predicted octanol–water partition coefficient (Wildman–Crippen LogP) is 4.07. The van der Waals surface area contributed by atoms with E-state index >= 15 is 0 Å². The SMILES string of the molecule is Clc1ccc(CN(CC2CCNCC2)C2CC2)cc1Br. The summed E-state index contributed by atoms with van der Waals surface area (Å²) >= 11 is 9.61. The van der Waals surface area contributed by atoms with Gasteiger partial charge >= 0.3 is 0 Å². The molecule has 0 radical (unpaired) electrons. The summed E-state index contributed by atoms with van der Waals surface area (Å²) in [6.07, 6.45) is 5.40. The lowest BCUT2D eigenvalue weighted by Gasteiger charge is -2.30. The molecule has 1 saturated heterocycles. The molecular weight excluding hydrogens is 336 g/mol. The summed E-state index contributed by atoms with van der Waals surface area (Å²) in [4.78, 5) is 2.69. The maximum Gasteiger partial charge on any atom is 0.0548 e. The van der Waals surface area contributed by atoms with E-state index in [1.54, 1.807) is 0 Å². The number of halogens is 2. The Morgan fingerprint density at radius 2 is 1.95 bits per heavy atom. The van der Waals surface area contributed by atoms with E-state index in [4.69, 9.17) is 11.6 Å². The minimum atomic E-state index is 0.796. The third-order valence-corrected chi connectivity index (χ3v) is 5.60. The van der Waals surface area contributed by atoms with E-state index in [1.165, 1.54) is 50.9 Å². The fourth-order valence-corrected chi connectivity index (χ4v) is 3.59. The largest absolute Gasteiger partial charge is 0.317 e. The van der Waals surface area contributed by atoms with Crippen LogP contribution in [0.25, 0.3) is 0 Å². The summed E-state index contributed by atoms with van der Waals surface area (Å²) in [7, 11) is 0. The van der Waals surface area contributed by atoms with Crippen LogP contribution in [0.15, 0.2) is 22.7 Å². The van der Waals surface area contributed by atoms with Crippen LogP contribution in [0.5, 0.6) is 0 Å². The smallest absolute Gasteiger partial charge is 0.0548 e. The van der Waals surface area contributed by atoms with E-state index in [0.29, 0.717) is 0 Å². The first-order chi connectivity index (χ1) is 9.72. The third kappa shape index (κ3) is 3.97. The number of benzene rings is 1. The van der Waals surface area contributed by atoms with Crippen LogP contribution in [0.2, 0.25) is 5.02 Å². The monoisotopic (exact) mass is 356 g/mol. The van der Waals surface area contributed by atoms with Crippen molar-refractivity contribution in [3.63, 3.8) is 0 Å². The minimum Gasteiger partial charge on any atom is -0.317 e. The van der Waals surface area contributed by atoms with E-state index in [2.05, 4.69) is 38.3 Å². The molecule has 1 aliphatic heterocycles. The Morgan fingerprint density at radius 3 is 2.60 bits per heavy atom. The highest BCUT2D eigenvalue weighted by molar-refractivity contribution is 9.10. The van der Waals surface area contributed by atoms with Crippen LogP contribution in [0.4, 0.5) is 0 Å². The number of nitrogens with one attached hydrogen (secondary N) is 1. The van der Waals surface area contributed by atoms with Gasteiger partial charge in [-0.25, -0.2) is 0 Å². The number of rotatable bonds is 5. The summed E-state index contributed by atoms with van der Waals surface area (Å²) in [5, 5.41) is 4.25. The molecule has 2 nitrogen and oxygen atoms in total. The first kappa shape index (κ1) is 14.8. The van der Waals surface area contributed by atoms with E-state index in [9.17, 15) is 0 Å². The summed E-state index contributed by atoms with van der Waals surface area (Å²) < 4.78 is 1.01. The zero-order valence-electron chi connectivity index (χ0n) is 11.7. The molecule has 3 rings (SSSR count). The van der Waals surface area contributed by atoms with Gasteiger partial charge in [-0.2, -0.15) is 0 Å². The normalized spacial score (nSPS) is 20.6. The first-order valence-corrected chi connectivity index (χ1v) is 8.78. The fraction of sp³-hybridized carbons (Fsp3) is 0.625. The number of piperidine rings is 1. The van der Waals surface area contributed by atoms with Gasteiger partial charge in [-0.15, -0.1) is 0 Å². The first-order valence-electron chi connectivity index (χ1n) is 7.61. The summed E-state index contributed by atoms with van der Waals surface area (Å²) in [5.74, 6) is 0.868. The van der Waals surface area contributed by atoms with Gasteiger partial charge in [0.2, 0.25) is 0 Å². The van der Waals surface area contributed by atoms with E-state index in [1.807, 2.05) is 6.07 Å². The number of hydrogen-bond donors (Lipinski definition) is 1. The highest BCUT2D eigenvalue weighted by Gasteiger charge is 2.30. The molecular formula is C16H22BrClN2. The quantitative estimate of drug-likeness (QED) is 0.854. The Balaban J connectivity index is 1.62. The lowest BCUT2D eigenvalue weighted by molar-refractivity contribution is 0.190. The molecule has 4 heteroatoms. The van der Waals surface area contributed by atoms with Crippen molar-refractivity contribution in [2.24, 2.45) is 5.92 Å². The average molecular weight is 358 g/mol. The highest BCUT2D eigenvalue weighted by Crippen LogP contribution is 2.31. The van der Waals surface area contributed by atoms with E-state index in [-0.39, 0.29) is 0 Å². The summed E-state index contributed by atoms with van der Waals surface area (Å²) in [6.45, 7) is 4.70. The van der Waals surface area contributed by atoms with Crippen LogP contribution in [0.3, 0.4) is 0 Å². The van der Waals surface area contributed by atoms with Gasteiger partial charge in [-0.05, 0) is 78.3 Å². The van der Waals surface area contributed by atoms with Gasteiger partial charge in [0.25, 0.3) is 0 Å². The molecule has 2 aliphatic rings. The zero-order chi connectivity index (χ0) is 13.9. The maximum absolute atomic E-state index is 6.08. The molecule has 2 fully saturated rings. The lowest BCUT2D eigenvalue weighted by Crippen LogP contribution is -2.37. The molecule has 0 unspecified atom stereocenters. The van der Waals surface area contributed by atoms with E-state index in [0.717, 1.165) is 28.0 Å². The van der Waals surface area contributed by atoms with Gasteiger partial charge in [0.1, 0.15) is 0 Å². The third-order valence-electron chi connectivity index (χ3n) is 4.38. The molecule has 1 heterocycles. The molecule has 1 aromatic carbocycles. The van der Waals surface area contributed by atoms with Crippen LogP contribution in [-0.4, -0.2) is 30.6 Å². The molecule has 1 saturated carbocycles. The van der Waals surface area contributed by atoms with E-state index < -0.39 is 0 Å². The van der Waals surface area contributed by atoms with Crippen LogP contribution < -0.4 is 5.32 Å². The van der Waals surface area contributed by atoms with Gasteiger partial charge < -0.3 is 5.32 Å². The van der Waals surface area contributed by atoms with Crippen molar-refractivity contribution in [2.75, 3.05) is 19.6 Å². The Bertz CT molecular complexity index is 456. The number of nitrogens with zero attached hydrogens (tertiary/aromatic N) is 1. The molecule has 0 amide bonds. The van der Waals surface area contributed by atoms with Gasteiger partial charge in [0.05, 0.1) is 5.02 Å². The molecule has 0 bridgehead atoms. The second-order valence-corrected chi connectivity index (χ2v) is 7.36. The van der Waals surface area contributed by atoms with Crippen molar-refractivity contribution >= 4 is 27.5 Å². The second kappa shape index (κ2) is 6.78. The fourth-order valence-electron chi connectivity index (χ4n) is 3.05. The number of hydrogen-bond acceptors (Lipinski definition) is 2. The van der Waals surface area contributed by atoms with Crippen molar-refractivity contribution in [3.05, 3.63) is 33.3 Å². The van der Waals surface area contributed by atoms with Crippen molar-refractivity contribution in [1.82, 2.24) is 10.2 Å². The van der Waals surface area contributed by atoms with Crippen molar-refractivity contribution < 1.29 is 0 Å². The van der Waals surface area contributed by atoms with Crippen molar-refractivity contribution in [1.29, 1.82) is 0 Å². The van der Waals surface area contributed by atoms with Crippen molar-refractivity contribution in [3.8, 4) is 0 Å². The molecule has 1 aliphatic carbocycles. The molecule has 0 spiro atoms. The Labute approximate surface area is 135 Å². The molecule has 1 aromatic rings. The van der Waals surface area contributed by atoms with Crippen LogP contribution in [0, 0.1) is 5.92 Å². The van der Waals surface area contributed by atoms with Gasteiger partial charge in [-0.1, -0.05) is 17.7 Å². The lowest BCUT2D eigenvalue weighted by atomic mass is 9.97. The standard InChI is InChI=1S/C16H22BrClN2/c17-15-9-13(1-4-16(15)18)11-20(14-2-3-14)10-12-5-7-19-8-6-12/h1,4,9,12,14,19H,2-3,5-8,10-11H2. The molecule has 20 heavy (non-hydrogen) atoms. The van der Waals surface area contributed by atoms with Crippen LogP contribution in [0.1, 0.15) is 31.2 Å². The second-order valence-electron chi connectivity index (χ2n) is 6.10. The van der Waals surface area contributed by atoms with Crippen LogP contribution in [-0.2, 0) is 6.54 Å². The topological polar surface area (TPSA) is 15.3 Å². The Kier molecular flexibility index (Phi) is 5.03. The minimum absolute atomic E-state index is 0.796. The average Bonchev–Trinajstić information content (AvgIpc) is 3.28. The van der Waals surface area contributed by atoms with Crippen molar-refractivity contribution in [2.45, 2.75) is 38.3 Å². The molecule has 0 atom stereocenters. The zero-order valence-corrected chi connectivity index (χ0v) is 14.1. The molecule has 0 aromatic heterocycles. The van der Waals surface area contributed by atoms with Gasteiger partial charge in [-0.3, -0.25) is 4.90 Å². The highest BCUT2D eigenvalue weighted by atomic mass is 79.9. The van der Waals surface area contributed by atoms with Gasteiger partial charge in [0.15, 0.2) is 0 Å².